The Morgan fingerprint density at radius 1 is 1.42 bits per heavy atom. The summed E-state index contributed by atoms with van der Waals surface area (Å²) in [6.07, 6.45) is 8.38. The molecule has 0 aromatic carbocycles. The molecule has 0 aliphatic heterocycles. The quantitative estimate of drug-likeness (QED) is 0.613. The van der Waals surface area contributed by atoms with E-state index in [-0.39, 0.29) is 0 Å². The van der Waals surface area contributed by atoms with Gasteiger partial charge in [-0.2, -0.15) is 5.26 Å². The molecule has 1 unspecified atom stereocenters. The second-order valence-corrected chi connectivity index (χ2v) is 7.18. The van der Waals surface area contributed by atoms with Gasteiger partial charge in [-0.25, -0.2) is 9.97 Å². The first kappa shape index (κ1) is 17.0. The van der Waals surface area contributed by atoms with E-state index < -0.39 is 6.23 Å². The number of rotatable bonds is 5. The second kappa shape index (κ2) is 7.06. The molecule has 7 nitrogen and oxygen atoms in total. The summed E-state index contributed by atoms with van der Waals surface area (Å²) < 4.78 is 2.32. The van der Waals surface area contributed by atoms with E-state index in [0.29, 0.717) is 24.8 Å². The van der Waals surface area contributed by atoms with Gasteiger partial charge in [0.15, 0.2) is 0 Å². The zero-order valence-electron chi connectivity index (χ0n) is 14.9. The summed E-state index contributed by atoms with van der Waals surface area (Å²) in [6, 6.07) is 4.70. The smallest absolute Gasteiger partial charge is 0.139 e. The van der Waals surface area contributed by atoms with Gasteiger partial charge in [0.25, 0.3) is 0 Å². The first-order chi connectivity index (χ1) is 12.7. The average molecular weight is 352 g/mol. The third kappa shape index (κ3) is 2.96. The van der Waals surface area contributed by atoms with Crippen molar-refractivity contribution in [3.8, 4) is 6.07 Å². The summed E-state index contributed by atoms with van der Waals surface area (Å²) in [5, 5.41) is 23.0. The molecule has 0 saturated heterocycles. The highest BCUT2D eigenvalue weighted by Gasteiger charge is 2.27. The standard InChI is InChI=1S/C19H24N6O/c1-21-17(26)10-16-24-15-11-23-19-14(7-9-22-19)18(15)25(16)13-4-2-12(3-5-13)6-8-20/h7,9,11-13,17,21,26H,2-6,10H2,1H3,(H,22,23). The Kier molecular flexibility index (Phi) is 4.62. The van der Waals surface area contributed by atoms with Crippen molar-refractivity contribution in [2.24, 2.45) is 5.92 Å². The number of fused-ring (bicyclic) bond motifs is 3. The first-order valence-electron chi connectivity index (χ1n) is 9.26. The molecule has 0 spiro atoms. The van der Waals surface area contributed by atoms with Crippen molar-refractivity contribution >= 4 is 22.1 Å². The molecule has 3 heterocycles. The van der Waals surface area contributed by atoms with E-state index in [0.717, 1.165) is 53.6 Å². The van der Waals surface area contributed by atoms with E-state index in [1.165, 1.54) is 0 Å². The van der Waals surface area contributed by atoms with Gasteiger partial charge in [-0.15, -0.1) is 0 Å². The van der Waals surface area contributed by atoms with Crippen molar-refractivity contribution in [2.75, 3.05) is 7.05 Å². The van der Waals surface area contributed by atoms with Gasteiger partial charge >= 0.3 is 0 Å². The first-order valence-corrected chi connectivity index (χ1v) is 9.26. The molecule has 1 atom stereocenters. The number of aliphatic hydroxyl groups is 1. The van der Waals surface area contributed by atoms with E-state index >= 15 is 0 Å². The largest absolute Gasteiger partial charge is 0.378 e. The summed E-state index contributed by atoms with van der Waals surface area (Å²) >= 11 is 0. The van der Waals surface area contributed by atoms with Gasteiger partial charge in [0.05, 0.1) is 17.8 Å². The van der Waals surface area contributed by atoms with Crippen LogP contribution in [-0.4, -0.2) is 37.9 Å². The maximum absolute atomic E-state index is 10.1. The van der Waals surface area contributed by atoms with Crippen LogP contribution in [0.1, 0.15) is 44.0 Å². The van der Waals surface area contributed by atoms with E-state index in [1.54, 1.807) is 13.2 Å². The minimum Gasteiger partial charge on any atom is -0.378 e. The molecule has 1 aliphatic carbocycles. The molecule has 1 fully saturated rings. The molecule has 3 N–H and O–H groups in total. The van der Waals surface area contributed by atoms with Crippen LogP contribution in [0.25, 0.3) is 22.1 Å². The highest BCUT2D eigenvalue weighted by molar-refractivity contribution is 6.01. The minimum atomic E-state index is -0.629. The number of H-pyrrole nitrogens is 1. The van der Waals surface area contributed by atoms with Crippen molar-refractivity contribution in [2.45, 2.75) is 50.8 Å². The monoisotopic (exact) mass is 352 g/mol. The van der Waals surface area contributed by atoms with Crippen LogP contribution in [0, 0.1) is 17.2 Å². The summed E-state index contributed by atoms with van der Waals surface area (Å²) in [7, 11) is 1.75. The van der Waals surface area contributed by atoms with Crippen molar-refractivity contribution in [1.29, 1.82) is 5.26 Å². The van der Waals surface area contributed by atoms with Crippen LogP contribution in [0.2, 0.25) is 0 Å². The molecule has 0 bridgehead atoms. The van der Waals surface area contributed by atoms with Crippen LogP contribution in [0.15, 0.2) is 18.5 Å². The number of hydrogen-bond donors (Lipinski definition) is 3. The molecule has 0 radical (unpaired) electrons. The summed E-state index contributed by atoms with van der Waals surface area (Å²) in [5.41, 5.74) is 2.82. The Labute approximate surface area is 152 Å². The van der Waals surface area contributed by atoms with Crippen molar-refractivity contribution in [3.63, 3.8) is 0 Å². The molecular formula is C19H24N6O. The molecule has 7 heteroatoms. The van der Waals surface area contributed by atoms with Gasteiger partial charge in [0, 0.05) is 30.5 Å². The number of nitriles is 1. The minimum absolute atomic E-state index is 0.342. The number of nitrogens with zero attached hydrogens (tertiary/aromatic N) is 4. The Morgan fingerprint density at radius 3 is 2.96 bits per heavy atom. The number of pyridine rings is 1. The lowest BCUT2D eigenvalue weighted by molar-refractivity contribution is 0.142. The fourth-order valence-electron chi connectivity index (χ4n) is 4.19. The van der Waals surface area contributed by atoms with Crippen LogP contribution in [-0.2, 0) is 6.42 Å². The Bertz CT molecular complexity index is 944. The lowest BCUT2D eigenvalue weighted by Crippen LogP contribution is -2.29. The highest BCUT2D eigenvalue weighted by atomic mass is 16.3. The van der Waals surface area contributed by atoms with E-state index in [1.807, 2.05) is 12.3 Å². The maximum atomic E-state index is 10.1. The van der Waals surface area contributed by atoms with E-state index in [9.17, 15) is 5.11 Å². The number of aromatic nitrogens is 4. The molecule has 1 aliphatic rings. The summed E-state index contributed by atoms with van der Waals surface area (Å²) in [5.74, 6) is 1.40. The second-order valence-electron chi connectivity index (χ2n) is 7.18. The Balaban J connectivity index is 1.78. The lowest BCUT2D eigenvalue weighted by Gasteiger charge is -2.30. The highest BCUT2D eigenvalue weighted by Crippen LogP contribution is 2.38. The number of hydrogen-bond acceptors (Lipinski definition) is 5. The summed E-state index contributed by atoms with van der Waals surface area (Å²) in [4.78, 5) is 12.4. The van der Waals surface area contributed by atoms with Crippen LogP contribution in [0.4, 0.5) is 0 Å². The predicted octanol–water partition coefficient (Wildman–Crippen LogP) is 2.64. The fourth-order valence-corrected chi connectivity index (χ4v) is 4.19. The third-order valence-electron chi connectivity index (χ3n) is 5.58. The maximum Gasteiger partial charge on any atom is 0.139 e. The number of nitrogens with one attached hydrogen (secondary N) is 2. The van der Waals surface area contributed by atoms with Crippen LogP contribution in [0.5, 0.6) is 0 Å². The molecule has 136 valence electrons. The van der Waals surface area contributed by atoms with Crippen LogP contribution >= 0.6 is 0 Å². The van der Waals surface area contributed by atoms with Crippen molar-refractivity contribution < 1.29 is 5.11 Å². The lowest BCUT2D eigenvalue weighted by atomic mass is 9.84. The van der Waals surface area contributed by atoms with Gasteiger partial charge < -0.3 is 14.7 Å². The van der Waals surface area contributed by atoms with Crippen molar-refractivity contribution in [3.05, 3.63) is 24.3 Å². The number of aromatic amines is 1. The number of imidazole rings is 1. The van der Waals surface area contributed by atoms with Gasteiger partial charge in [0.2, 0.25) is 0 Å². The average Bonchev–Trinajstić information content (AvgIpc) is 3.26. The zero-order chi connectivity index (χ0) is 18.1. The normalized spacial score (nSPS) is 21.9. The topological polar surface area (TPSA) is 103 Å². The van der Waals surface area contributed by atoms with E-state index in [4.69, 9.17) is 10.2 Å². The molecule has 3 aromatic heterocycles. The summed E-state index contributed by atoms with van der Waals surface area (Å²) in [6.45, 7) is 0. The molecule has 3 aromatic rings. The molecule has 0 amide bonds. The fraction of sp³-hybridized carbons (Fsp3) is 0.526. The van der Waals surface area contributed by atoms with Gasteiger partial charge in [0.1, 0.15) is 23.2 Å². The zero-order valence-corrected chi connectivity index (χ0v) is 14.9. The molecule has 4 rings (SSSR count). The Morgan fingerprint density at radius 2 is 2.23 bits per heavy atom. The molecular weight excluding hydrogens is 328 g/mol. The Hall–Kier alpha value is -2.43. The van der Waals surface area contributed by atoms with Gasteiger partial charge in [-0.1, -0.05) is 0 Å². The third-order valence-corrected chi connectivity index (χ3v) is 5.58. The molecule has 1 saturated carbocycles. The predicted molar refractivity (Wildman–Crippen MR) is 99.4 cm³/mol. The van der Waals surface area contributed by atoms with Crippen LogP contribution < -0.4 is 5.32 Å². The van der Waals surface area contributed by atoms with Crippen molar-refractivity contribution in [1.82, 2.24) is 24.8 Å². The SMILES string of the molecule is CNC(O)Cc1nc2cnc3[nH]ccc3c2n1C1CCC(CC#N)CC1. The van der Waals surface area contributed by atoms with E-state index in [2.05, 4.69) is 25.9 Å². The number of aliphatic hydroxyl groups excluding tert-OH is 1. The number of likely N-dealkylation sites (N-methyl/N-ethyl adjacent to an activating group) is 1. The van der Waals surface area contributed by atoms with Gasteiger partial charge in [-0.05, 0) is 44.7 Å². The van der Waals surface area contributed by atoms with Gasteiger partial charge in [-0.3, -0.25) is 5.32 Å². The molecule has 26 heavy (non-hydrogen) atoms. The van der Waals surface area contributed by atoms with Crippen LogP contribution in [0.3, 0.4) is 0 Å².